The molecule has 4 aliphatic heterocycles. The van der Waals surface area contributed by atoms with Crippen LogP contribution in [0.15, 0.2) is 54.6 Å². The summed E-state index contributed by atoms with van der Waals surface area (Å²) in [5, 5.41) is 10.6. The van der Waals surface area contributed by atoms with Crippen molar-refractivity contribution in [1.29, 1.82) is 0 Å². The Morgan fingerprint density at radius 1 is 1.00 bits per heavy atom. The number of aliphatic hydroxyl groups excluding tert-OH is 1. The highest BCUT2D eigenvalue weighted by Crippen LogP contribution is 2.65. The van der Waals surface area contributed by atoms with E-state index in [9.17, 15) is 19.5 Å². The van der Waals surface area contributed by atoms with Gasteiger partial charge in [0.25, 0.3) is 0 Å². The van der Waals surface area contributed by atoms with Crippen molar-refractivity contribution in [2.45, 2.75) is 61.2 Å². The lowest BCUT2D eigenvalue weighted by Crippen LogP contribution is -2.60. The van der Waals surface area contributed by atoms with Crippen LogP contribution in [0.1, 0.15) is 33.3 Å². The van der Waals surface area contributed by atoms with Gasteiger partial charge in [0.15, 0.2) is 0 Å². The van der Waals surface area contributed by atoms with Crippen molar-refractivity contribution in [3.63, 3.8) is 0 Å². The SMILES string of the molecule is CN1CC=C[C@]2(C)S[C@]34C=CCN(C(C)(C)C)C(=O)C3N([C@@H](CO)Cc3ccccc3)C(=O)[C@@H]4[C@@H]2C1=O. The van der Waals surface area contributed by atoms with E-state index in [2.05, 4.69) is 6.08 Å². The minimum Gasteiger partial charge on any atom is -0.394 e. The molecule has 3 amide bonds. The molecule has 0 radical (unpaired) electrons. The van der Waals surface area contributed by atoms with Crippen LogP contribution in [0.5, 0.6) is 0 Å². The summed E-state index contributed by atoms with van der Waals surface area (Å²) in [6.07, 6.45) is 8.51. The van der Waals surface area contributed by atoms with E-state index < -0.39 is 39.0 Å². The second-order valence-corrected chi connectivity index (χ2v) is 13.7. The summed E-state index contributed by atoms with van der Waals surface area (Å²) >= 11 is 1.58. The largest absolute Gasteiger partial charge is 0.394 e. The molecule has 1 spiro atoms. The number of aliphatic hydroxyl groups is 1. The zero-order valence-electron chi connectivity index (χ0n) is 22.3. The van der Waals surface area contributed by atoms with Crippen LogP contribution in [0.4, 0.5) is 0 Å². The number of hydrogen-bond acceptors (Lipinski definition) is 5. The summed E-state index contributed by atoms with van der Waals surface area (Å²) in [7, 11) is 1.77. The third-order valence-corrected chi connectivity index (χ3v) is 10.2. The van der Waals surface area contributed by atoms with Crippen LogP contribution in [0.25, 0.3) is 0 Å². The molecule has 7 nitrogen and oxygen atoms in total. The van der Waals surface area contributed by atoms with Crippen molar-refractivity contribution in [1.82, 2.24) is 14.7 Å². The first-order chi connectivity index (χ1) is 17.4. The zero-order valence-corrected chi connectivity index (χ0v) is 23.1. The maximum Gasteiger partial charge on any atom is 0.247 e. The van der Waals surface area contributed by atoms with Gasteiger partial charge in [0.1, 0.15) is 6.04 Å². The molecule has 5 rings (SSSR count). The Bertz CT molecular complexity index is 1160. The summed E-state index contributed by atoms with van der Waals surface area (Å²) in [4.78, 5) is 47.9. The number of benzene rings is 1. The van der Waals surface area contributed by atoms with Crippen molar-refractivity contribution < 1.29 is 19.5 Å². The van der Waals surface area contributed by atoms with E-state index in [1.807, 2.05) is 81.2 Å². The van der Waals surface area contributed by atoms with Gasteiger partial charge in [0.05, 0.1) is 29.2 Å². The molecule has 37 heavy (non-hydrogen) atoms. The maximum absolute atomic E-state index is 14.5. The highest BCUT2D eigenvalue weighted by atomic mass is 32.2. The van der Waals surface area contributed by atoms with Crippen LogP contribution in [0.2, 0.25) is 0 Å². The van der Waals surface area contributed by atoms with E-state index >= 15 is 0 Å². The molecule has 6 atom stereocenters. The fourth-order valence-corrected chi connectivity index (χ4v) is 8.86. The van der Waals surface area contributed by atoms with Gasteiger partial charge in [-0.3, -0.25) is 14.4 Å². The Balaban J connectivity index is 1.67. The fraction of sp³-hybridized carbons (Fsp3) is 0.552. The van der Waals surface area contributed by atoms with Gasteiger partial charge in [-0.05, 0) is 39.7 Å². The maximum atomic E-state index is 14.5. The van der Waals surface area contributed by atoms with Crippen LogP contribution >= 0.6 is 11.8 Å². The molecule has 0 aromatic heterocycles. The van der Waals surface area contributed by atoms with Gasteiger partial charge in [-0.1, -0.05) is 54.6 Å². The summed E-state index contributed by atoms with van der Waals surface area (Å²) in [6, 6.07) is 8.33. The lowest BCUT2D eigenvalue weighted by Gasteiger charge is -2.42. The fourth-order valence-electron chi connectivity index (χ4n) is 6.72. The number of likely N-dealkylation sites (tertiary alicyclic amines) is 1. The lowest BCUT2D eigenvalue weighted by molar-refractivity contribution is -0.148. The van der Waals surface area contributed by atoms with E-state index in [1.54, 1.807) is 28.6 Å². The number of carbonyl (C=O) groups excluding carboxylic acids is 3. The Hall–Kier alpha value is -2.58. The summed E-state index contributed by atoms with van der Waals surface area (Å²) in [5.74, 6) is -1.72. The molecule has 1 N–H and O–H groups in total. The molecule has 2 saturated heterocycles. The predicted octanol–water partition coefficient (Wildman–Crippen LogP) is 2.50. The van der Waals surface area contributed by atoms with E-state index in [0.717, 1.165) is 5.56 Å². The van der Waals surface area contributed by atoms with Crippen LogP contribution < -0.4 is 0 Å². The first-order valence-electron chi connectivity index (χ1n) is 13.0. The number of carbonyl (C=O) groups is 3. The van der Waals surface area contributed by atoms with Crippen LogP contribution in [0.3, 0.4) is 0 Å². The molecule has 8 heteroatoms. The third kappa shape index (κ3) is 3.95. The number of rotatable bonds is 4. The van der Waals surface area contributed by atoms with E-state index in [4.69, 9.17) is 0 Å². The molecule has 198 valence electrons. The number of likely N-dealkylation sites (N-methyl/N-ethyl adjacent to an activating group) is 1. The average Bonchev–Trinajstić information content (AvgIpc) is 3.12. The van der Waals surface area contributed by atoms with Crippen molar-refractivity contribution >= 4 is 29.5 Å². The minimum absolute atomic E-state index is 0.0720. The first kappa shape index (κ1) is 26.0. The van der Waals surface area contributed by atoms with E-state index in [-0.39, 0.29) is 24.3 Å². The Morgan fingerprint density at radius 3 is 2.32 bits per heavy atom. The number of fused-ring (bicyclic) bond motifs is 2. The number of amides is 3. The highest BCUT2D eigenvalue weighted by molar-refractivity contribution is 8.02. The van der Waals surface area contributed by atoms with Crippen LogP contribution in [0, 0.1) is 11.8 Å². The Morgan fingerprint density at radius 2 is 1.68 bits per heavy atom. The third-order valence-electron chi connectivity index (χ3n) is 8.42. The number of hydrogen-bond donors (Lipinski definition) is 1. The topological polar surface area (TPSA) is 81.2 Å². The molecule has 1 aromatic carbocycles. The van der Waals surface area contributed by atoms with Gasteiger partial charge in [-0.25, -0.2) is 0 Å². The molecule has 4 heterocycles. The van der Waals surface area contributed by atoms with Gasteiger partial charge >= 0.3 is 0 Å². The molecule has 4 aliphatic rings. The summed E-state index contributed by atoms with van der Waals surface area (Å²) < 4.78 is -1.53. The summed E-state index contributed by atoms with van der Waals surface area (Å²) in [6.45, 7) is 8.67. The van der Waals surface area contributed by atoms with Crippen molar-refractivity contribution in [3.05, 3.63) is 60.2 Å². The predicted molar refractivity (Wildman–Crippen MR) is 145 cm³/mol. The average molecular weight is 524 g/mol. The first-order valence-corrected chi connectivity index (χ1v) is 13.9. The van der Waals surface area contributed by atoms with E-state index in [1.165, 1.54) is 0 Å². The molecule has 0 aliphatic carbocycles. The van der Waals surface area contributed by atoms with Crippen molar-refractivity contribution in [3.8, 4) is 0 Å². The quantitative estimate of drug-likeness (QED) is 0.614. The molecule has 0 saturated carbocycles. The zero-order chi connectivity index (χ0) is 26.8. The lowest BCUT2D eigenvalue weighted by atomic mass is 9.74. The second-order valence-electron chi connectivity index (χ2n) is 11.9. The van der Waals surface area contributed by atoms with Crippen LogP contribution in [-0.4, -0.2) is 91.4 Å². The van der Waals surface area contributed by atoms with Crippen molar-refractivity contribution in [2.75, 3.05) is 26.7 Å². The minimum atomic E-state index is -0.907. The number of thioether (sulfide) groups is 1. The molecule has 1 aromatic rings. The normalized spacial score (nSPS) is 34.3. The molecular formula is C29H37N3O4S. The van der Waals surface area contributed by atoms with Crippen molar-refractivity contribution in [2.24, 2.45) is 11.8 Å². The van der Waals surface area contributed by atoms with Gasteiger partial charge in [-0.15, -0.1) is 11.8 Å². The van der Waals surface area contributed by atoms with Gasteiger partial charge < -0.3 is 19.8 Å². The monoisotopic (exact) mass is 523 g/mol. The molecule has 1 unspecified atom stereocenters. The van der Waals surface area contributed by atoms with Gasteiger partial charge in [0, 0.05) is 30.4 Å². The molecule has 0 bridgehead atoms. The highest BCUT2D eigenvalue weighted by Gasteiger charge is 2.74. The molecule has 2 fully saturated rings. The van der Waals surface area contributed by atoms with E-state index in [0.29, 0.717) is 19.5 Å². The smallest absolute Gasteiger partial charge is 0.247 e. The Labute approximate surface area is 223 Å². The number of nitrogens with zero attached hydrogens (tertiary/aromatic N) is 3. The van der Waals surface area contributed by atoms with Gasteiger partial charge in [-0.2, -0.15) is 0 Å². The molecular weight excluding hydrogens is 486 g/mol. The second kappa shape index (κ2) is 9.02. The standard InChI is InChI=1S/C29H37N3O4S/c1-27(2,3)31-16-10-14-29-22(21-24(34)30(5)15-9-13-28(21,4)37-29)25(35)32(23(29)26(31)36)20(18-33)17-19-11-7-6-8-12-19/h6-14,20-23,33H,15-18H2,1-5H3/t20-,21-,22+,23?,28+,29+/m1/s1. The summed E-state index contributed by atoms with van der Waals surface area (Å²) in [5.41, 5.74) is 0.525. The van der Waals surface area contributed by atoms with Gasteiger partial charge in [0.2, 0.25) is 17.7 Å². The Kier molecular flexibility index (Phi) is 6.35. The van der Waals surface area contributed by atoms with Crippen LogP contribution in [-0.2, 0) is 20.8 Å².